The van der Waals surface area contributed by atoms with Gasteiger partial charge in [-0.15, -0.1) is 0 Å². The monoisotopic (exact) mass is 555 g/mol. The van der Waals surface area contributed by atoms with Crippen LogP contribution in [0.2, 0.25) is 10.0 Å². The van der Waals surface area contributed by atoms with E-state index in [1.165, 1.54) is 4.31 Å². The summed E-state index contributed by atoms with van der Waals surface area (Å²) in [5.74, 6) is -0.455. The molecule has 2 amide bonds. The molecule has 2 rings (SSSR count). The van der Waals surface area contributed by atoms with Crippen LogP contribution >= 0.6 is 23.2 Å². The van der Waals surface area contributed by atoms with E-state index in [1.54, 1.807) is 35.2 Å². The minimum absolute atomic E-state index is 0.0801. The molecule has 2 aromatic rings. The Morgan fingerprint density at radius 2 is 1.75 bits per heavy atom. The molecular formula is C26H35Cl2N3O4S. The summed E-state index contributed by atoms with van der Waals surface area (Å²) < 4.78 is 26.3. The first-order valence-electron chi connectivity index (χ1n) is 12.0. The van der Waals surface area contributed by atoms with Crippen molar-refractivity contribution in [2.24, 2.45) is 0 Å². The van der Waals surface area contributed by atoms with Crippen LogP contribution in [0.1, 0.15) is 50.7 Å². The van der Waals surface area contributed by atoms with Gasteiger partial charge in [-0.25, -0.2) is 8.42 Å². The highest BCUT2D eigenvalue weighted by atomic mass is 35.5. The predicted molar refractivity (Wildman–Crippen MR) is 147 cm³/mol. The van der Waals surface area contributed by atoms with Gasteiger partial charge in [-0.2, -0.15) is 0 Å². The second kappa shape index (κ2) is 13.9. The zero-order chi connectivity index (χ0) is 26.9. The van der Waals surface area contributed by atoms with E-state index >= 15 is 0 Å². The van der Waals surface area contributed by atoms with Crippen molar-refractivity contribution in [3.05, 3.63) is 63.6 Å². The van der Waals surface area contributed by atoms with Gasteiger partial charge in [-0.1, -0.05) is 61.3 Å². The van der Waals surface area contributed by atoms with Gasteiger partial charge in [0.15, 0.2) is 0 Å². The zero-order valence-corrected chi connectivity index (χ0v) is 23.6. The van der Waals surface area contributed by atoms with Gasteiger partial charge >= 0.3 is 0 Å². The third-order valence-corrected chi connectivity index (χ3v) is 7.73. The molecule has 0 aliphatic carbocycles. The first-order valence-corrected chi connectivity index (χ1v) is 14.6. The molecule has 1 N–H and O–H groups in total. The number of amides is 2. The third kappa shape index (κ3) is 8.39. The molecule has 0 saturated heterocycles. The lowest BCUT2D eigenvalue weighted by molar-refractivity contribution is -0.141. The van der Waals surface area contributed by atoms with Gasteiger partial charge in [0.1, 0.15) is 6.04 Å². The van der Waals surface area contributed by atoms with Crippen LogP contribution in [0.4, 0.5) is 5.69 Å². The summed E-state index contributed by atoms with van der Waals surface area (Å²) in [5, 5.41) is 3.65. The molecule has 10 heteroatoms. The zero-order valence-electron chi connectivity index (χ0n) is 21.3. The number of benzene rings is 2. The Hall–Kier alpha value is -2.29. The smallest absolute Gasteiger partial charge is 0.242 e. The molecule has 0 bridgehead atoms. The third-order valence-electron chi connectivity index (χ3n) is 5.81. The van der Waals surface area contributed by atoms with E-state index in [0.29, 0.717) is 35.1 Å². The minimum atomic E-state index is -3.54. The average molecular weight is 557 g/mol. The van der Waals surface area contributed by atoms with E-state index in [0.717, 1.165) is 23.8 Å². The summed E-state index contributed by atoms with van der Waals surface area (Å²) in [6.45, 7) is 6.51. The SMILES string of the molecule is CCCNC(=O)[C@@H](CC)N(Cc1ccc(Cl)c(Cl)c1)C(=O)CCCN(c1ccccc1C)S(C)(=O)=O. The molecule has 0 fully saturated rings. The molecule has 7 nitrogen and oxygen atoms in total. The van der Waals surface area contributed by atoms with Crippen molar-refractivity contribution in [1.82, 2.24) is 10.2 Å². The van der Waals surface area contributed by atoms with Crippen LogP contribution in [0, 0.1) is 6.92 Å². The number of nitrogens with zero attached hydrogens (tertiary/aromatic N) is 2. The number of nitrogens with one attached hydrogen (secondary N) is 1. The Labute approximate surface area is 224 Å². The van der Waals surface area contributed by atoms with Crippen LogP contribution in [-0.4, -0.2) is 50.5 Å². The lowest BCUT2D eigenvalue weighted by Crippen LogP contribution is -2.49. The number of halogens is 2. The van der Waals surface area contributed by atoms with E-state index in [9.17, 15) is 18.0 Å². The highest BCUT2D eigenvalue weighted by Gasteiger charge is 2.29. The Bertz CT molecular complexity index is 1160. The lowest BCUT2D eigenvalue weighted by atomic mass is 10.1. The van der Waals surface area contributed by atoms with Crippen molar-refractivity contribution in [2.45, 2.75) is 59.0 Å². The predicted octanol–water partition coefficient (Wildman–Crippen LogP) is 5.18. The second-order valence-electron chi connectivity index (χ2n) is 8.71. The lowest BCUT2D eigenvalue weighted by Gasteiger charge is -2.31. The van der Waals surface area contributed by atoms with E-state index in [4.69, 9.17) is 23.2 Å². The fourth-order valence-electron chi connectivity index (χ4n) is 3.95. The molecule has 0 unspecified atom stereocenters. The van der Waals surface area contributed by atoms with E-state index in [2.05, 4.69) is 5.32 Å². The van der Waals surface area contributed by atoms with Gasteiger partial charge in [0.25, 0.3) is 0 Å². The van der Waals surface area contributed by atoms with Crippen molar-refractivity contribution in [3.8, 4) is 0 Å². The number of sulfonamides is 1. The molecule has 0 saturated carbocycles. The summed E-state index contributed by atoms with van der Waals surface area (Å²) in [6.07, 6.45) is 2.75. The van der Waals surface area contributed by atoms with Gasteiger partial charge in [0, 0.05) is 26.1 Å². The first-order chi connectivity index (χ1) is 17.0. The fourth-order valence-corrected chi connectivity index (χ4v) is 5.29. The summed E-state index contributed by atoms with van der Waals surface area (Å²) >= 11 is 12.2. The van der Waals surface area contributed by atoms with Crippen LogP contribution in [-0.2, 0) is 26.2 Å². The Morgan fingerprint density at radius 3 is 2.33 bits per heavy atom. The molecule has 0 aliphatic rings. The van der Waals surface area contributed by atoms with Crippen molar-refractivity contribution in [1.29, 1.82) is 0 Å². The highest BCUT2D eigenvalue weighted by Crippen LogP contribution is 2.25. The molecule has 0 heterocycles. The standard InChI is InChI=1S/C26H35Cl2N3O4S/c1-5-15-29-26(33)23(6-2)30(18-20-13-14-21(27)22(28)17-20)25(32)12-9-16-31(36(4,34)35)24-11-8-7-10-19(24)3/h7-8,10-11,13-14,17,23H,5-6,9,12,15-16,18H2,1-4H3,(H,29,33)/t23-/m1/s1. The molecule has 0 aromatic heterocycles. The number of hydrogen-bond donors (Lipinski definition) is 1. The minimum Gasteiger partial charge on any atom is -0.354 e. The molecule has 0 spiro atoms. The van der Waals surface area contributed by atoms with Gasteiger partial charge < -0.3 is 10.2 Å². The maximum Gasteiger partial charge on any atom is 0.242 e. The number of aryl methyl sites for hydroxylation is 1. The van der Waals surface area contributed by atoms with Crippen LogP contribution in [0.3, 0.4) is 0 Å². The van der Waals surface area contributed by atoms with Crippen molar-refractivity contribution >= 4 is 50.7 Å². The first kappa shape index (κ1) is 29.9. The second-order valence-corrected chi connectivity index (χ2v) is 11.4. The average Bonchev–Trinajstić information content (AvgIpc) is 2.82. The number of carbonyl (C=O) groups is 2. The molecule has 36 heavy (non-hydrogen) atoms. The summed E-state index contributed by atoms with van der Waals surface area (Å²) in [4.78, 5) is 27.9. The van der Waals surface area contributed by atoms with Crippen LogP contribution in [0.15, 0.2) is 42.5 Å². The number of rotatable bonds is 13. The molecule has 198 valence electrons. The topological polar surface area (TPSA) is 86.8 Å². The number of carbonyl (C=O) groups excluding carboxylic acids is 2. The molecule has 0 aliphatic heterocycles. The van der Waals surface area contributed by atoms with Crippen molar-refractivity contribution in [2.75, 3.05) is 23.7 Å². The van der Waals surface area contributed by atoms with Gasteiger partial charge in [0.05, 0.1) is 22.0 Å². The largest absolute Gasteiger partial charge is 0.354 e. The van der Waals surface area contributed by atoms with Crippen LogP contribution in [0.25, 0.3) is 0 Å². The number of hydrogen-bond acceptors (Lipinski definition) is 4. The van der Waals surface area contributed by atoms with Gasteiger partial charge in [-0.3, -0.25) is 13.9 Å². The quantitative estimate of drug-likeness (QED) is 0.368. The van der Waals surface area contributed by atoms with Crippen LogP contribution in [0.5, 0.6) is 0 Å². The maximum absolute atomic E-state index is 13.4. The molecule has 0 radical (unpaired) electrons. The Morgan fingerprint density at radius 1 is 1.06 bits per heavy atom. The van der Waals surface area contributed by atoms with E-state index in [-0.39, 0.29) is 31.3 Å². The van der Waals surface area contributed by atoms with Crippen LogP contribution < -0.4 is 9.62 Å². The van der Waals surface area contributed by atoms with Gasteiger partial charge in [-0.05, 0) is 55.5 Å². The Kier molecular flexibility index (Phi) is 11.5. The molecular weight excluding hydrogens is 521 g/mol. The fraction of sp³-hybridized carbons (Fsp3) is 0.462. The van der Waals surface area contributed by atoms with Gasteiger partial charge in [0.2, 0.25) is 21.8 Å². The number of para-hydroxylation sites is 1. The van der Waals surface area contributed by atoms with E-state index < -0.39 is 16.1 Å². The highest BCUT2D eigenvalue weighted by molar-refractivity contribution is 7.92. The Balaban J connectivity index is 2.24. The molecule has 1 atom stereocenters. The number of anilines is 1. The molecule has 2 aromatic carbocycles. The van der Waals surface area contributed by atoms with Crippen molar-refractivity contribution in [3.63, 3.8) is 0 Å². The summed E-state index contributed by atoms with van der Waals surface area (Å²) in [6, 6.07) is 11.7. The van der Waals surface area contributed by atoms with Crippen molar-refractivity contribution < 1.29 is 18.0 Å². The maximum atomic E-state index is 13.4. The summed E-state index contributed by atoms with van der Waals surface area (Å²) in [7, 11) is -3.54. The normalized spacial score (nSPS) is 12.2. The van der Waals surface area contributed by atoms with E-state index in [1.807, 2.05) is 32.9 Å². The summed E-state index contributed by atoms with van der Waals surface area (Å²) in [5.41, 5.74) is 2.16.